The van der Waals surface area contributed by atoms with E-state index in [4.69, 9.17) is 4.74 Å². The summed E-state index contributed by atoms with van der Waals surface area (Å²) in [6.45, 7) is 5.39. The number of aliphatic hydroxyl groups excluding tert-OH is 1. The molecular weight excluding hydrogens is 240 g/mol. The van der Waals surface area contributed by atoms with E-state index in [-0.39, 0.29) is 6.10 Å². The zero-order valence-electron chi connectivity index (χ0n) is 11.8. The van der Waals surface area contributed by atoms with Gasteiger partial charge in [-0.25, -0.2) is 0 Å². The molecule has 0 unspecified atom stereocenters. The minimum absolute atomic E-state index is 0.155. The molecule has 1 saturated heterocycles. The highest BCUT2D eigenvalue weighted by atomic mass is 16.5. The van der Waals surface area contributed by atoms with Gasteiger partial charge in [-0.3, -0.25) is 4.90 Å². The first kappa shape index (κ1) is 14.3. The summed E-state index contributed by atoms with van der Waals surface area (Å²) in [6, 6.07) is 8.54. The number of ether oxygens (including phenoxy) is 1. The molecule has 0 aromatic heterocycles. The minimum Gasteiger partial charge on any atom is -0.494 e. The number of aliphatic hydroxyl groups is 1. The van der Waals surface area contributed by atoms with Crippen molar-refractivity contribution in [2.45, 2.75) is 25.5 Å². The lowest BCUT2D eigenvalue weighted by molar-refractivity contribution is 0.173. The van der Waals surface area contributed by atoms with Crippen LogP contribution in [-0.2, 0) is 0 Å². The van der Waals surface area contributed by atoms with E-state index < -0.39 is 0 Å². The number of β-amino-alcohol motifs (C(OH)–C–C–N with tert-alkyl or cyclic N) is 1. The molecule has 0 aliphatic carbocycles. The summed E-state index contributed by atoms with van der Waals surface area (Å²) in [5.41, 5.74) is 1.26. The summed E-state index contributed by atoms with van der Waals surface area (Å²) in [6.07, 6.45) is 0.734. The Bertz CT molecular complexity index is 380. The van der Waals surface area contributed by atoms with Crippen LogP contribution >= 0.6 is 0 Å². The van der Waals surface area contributed by atoms with Crippen LogP contribution in [0.15, 0.2) is 24.3 Å². The Morgan fingerprint density at radius 3 is 2.68 bits per heavy atom. The Kier molecular flexibility index (Phi) is 5.19. The van der Waals surface area contributed by atoms with Crippen molar-refractivity contribution >= 4 is 0 Å². The molecule has 2 N–H and O–H groups in total. The van der Waals surface area contributed by atoms with E-state index in [1.807, 2.05) is 26.1 Å². The molecule has 0 saturated carbocycles. The van der Waals surface area contributed by atoms with Gasteiger partial charge in [-0.05, 0) is 38.1 Å². The Morgan fingerprint density at radius 1 is 1.42 bits per heavy atom. The molecule has 2 atom stereocenters. The summed E-state index contributed by atoms with van der Waals surface area (Å²) in [5.74, 6) is 0.915. The largest absolute Gasteiger partial charge is 0.494 e. The van der Waals surface area contributed by atoms with Crippen LogP contribution in [0.1, 0.15) is 24.9 Å². The number of nitrogens with zero attached hydrogens (tertiary/aromatic N) is 1. The number of hydrogen-bond donors (Lipinski definition) is 2. The highest BCUT2D eigenvalue weighted by molar-refractivity contribution is 5.29. The standard InChI is InChI=1S/C15H24N2O2/c1-3-19-14-6-4-12(5-7-14)15(16-2)11-17-9-8-13(18)10-17/h4-7,13,15-16,18H,3,8-11H2,1-2H3/t13-,15+/m0/s1. The quantitative estimate of drug-likeness (QED) is 0.815. The van der Waals surface area contributed by atoms with Crippen molar-refractivity contribution < 1.29 is 9.84 Å². The fourth-order valence-electron chi connectivity index (χ4n) is 2.56. The predicted octanol–water partition coefficient (Wildman–Crippen LogP) is 1.41. The molecular formula is C15H24N2O2. The van der Waals surface area contributed by atoms with E-state index in [9.17, 15) is 5.11 Å². The average Bonchev–Trinajstić information content (AvgIpc) is 2.83. The van der Waals surface area contributed by atoms with Gasteiger partial charge < -0.3 is 15.2 Å². The van der Waals surface area contributed by atoms with Crippen LogP contribution in [0, 0.1) is 0 Å². The van der Waals surface area contributed by atoms with Crippen molar-refractivity contribution in [2.24, 2.45) is 0 Å². The Labute approximate surface area is 115 Å². The first-order chi connectivity index (χ1) is 9.22. The molecule has 4 nitrogen and oxygen atoms in total. The topological polar surface area (TPSA) is 44.7 Å². The maximum Gasteiger partial charge on any atom is 0.119 e. The predicted molar refractivity (Wildman–Crippen MR) is 76.5 cm³/mol. The van der Waals surface area contributed by atoms with Crippen LogP contribution in [0.2, 0.25) is 0 Å². The highest BCUT2D eigenvalue weighted by Gasteiger charge is 2.23. The van der Waals surface area contributed by atoms with Gasteiger partial charge in [0.15, 0.2) is 0 Å². The number of hydrogen-bond acceptors (Lipinski definition) is 4. The molecule has 1 fully saturated rings. The molecule has 1 aromatic rings. The molecule has 1 aromatic carbocycles. The third-order valence-electron chi connectivity index (χ3n) is 3.63. The van der Waals surface area contributed by atoms with Gasteiger partial charge in [0.1, 0.15) is 5.75 Å². The molecule has 1 aliphatic rings. The Hall–Kier alpha value is -1.10. The number of rotatable bonds is 6. The van der Waals surface area contributed by atoms with Gasteiger partial charge in [0.2, 0.25) is 0 Å². The third-order valence-corrected chi connectivity index (χ3v) is 3.63. The van der Waals surface area contributed by atoms with E-state index in [2.05, 4.69) is 22.3 Å². The monoisotopic (exact) mass is 264 g/mol. The first-order valence-corrected chi connectivity index (χ1v) is 7.03. The van der Waals surface area contributed by atoms with Gasteiger partial charge in [-0.15, -0.1) is 0 Å². The maximum absolute atomic E-state index is 9.57. The second-order valence-corrected chi connectivity index (χ2v) is 5.05. The van der Waals surface area contributed by atoms with Gasteiger partial charge in [0.05, 0.1) is 12.7 Å². The third kappa shape index (κ3) is 3.93. The molecule has 0 radical (unpaired) electrons. The van der Waals surface area contributed by atoms with E-state index in [0.717, 1.165) is 31.8 Å². The highest BCUT2D eigenvalue weighted by Crippen LogP contribution is 2.20. The summed E-state index contributed by atoms with van der Waals surface area (Å²) >= 11 is 0. The number of benzene rings is 1. The lowest BCUT2D eigenvalue weighted by Crippen LogP contribution is -2.32. The molecule has 2 rings (SSSR count). The van der Waals surface area contributed by atoms with Gasteiger partial charge in [0.25, 0.3) is 0 Å². The Balaban J connectivity index is 1.96. The lowest BCUT2D eigenvalue weighted by Gasteiger charge is -2.23. The van der Waals surface area contributed by atoms with Gasteiger partial charge >= 0.3 is 0 Å². The van der Waals surface area contributed by atoms with Crippen molar-refractivity contribution in [1.82, 2.24) is 10.2 Å². The van der Waals surface area contributed by atoms with E-state index in [1.165, 1.54) is 5.56 Å². The van der Waals surface area contributed by atoms with Crippen LogP contribution in [-0.4, -0.2) is 49.4 Å². The second-order valence-electron chi connectivity index (χ2n) is 5.05. The van der Waals surface area contributed by atoms with Crippen molar-refractivity contribution in [3.8, 4) is 5.75 Å². The molecule has 4 heteroatoms. The number of likely N-dealkylation sites (tertiary alicyclic amines) is 1. The molecule has 106 valence electrons. The van der Waals surface area contributed by atoms with Gasteiger partial charge in [-0.2, -0.15) is 0 Å². The van der Waals surface area contributed by atoms with Crippen molar-refractivity contribution in [2.75, 3.05) is 33.3 Å². The molecule has 0 amide bonds. The smallest absolute Gasteiger partial charge is 0.119 e. The van der Waals surface area contributed by atoms with Crippen LogP contribution in [0.4, 0.5) is 0 Å². The zero-order valence-corrected chi connectivity index (χ0v) is 11.8. The lowest BCUT2D eigenvalue weighted by atomic mass is 10.1. The second kappa shape index (κ2) is 6.89. The molecule has 0 spiro atoms. The fraction of sp³-hybridized carbons (Fsp3) is 0.600. The molecule has 1 heterocycles. The van der Waals surface area contributed by atoms with Crippen LogP contribution in [0.25, 0.3) is 0 Å². The molecule has 1 aliphatic heterocycles. The summed E-state index contributed by atoms with van der Waals surface area (Å²) < 4.78 is 5.46. The minimum atomic E-state index is -0.155. The molecule has 0 bridgehead atoms. The maximum atomic E-state index is 9.57. The fourth-order valence-corrected chi connectivity index (χ4v) is 2.56. The van der Waals surface area contributed by atoms with Crippen molar-refractivity contribution in [1.29, 1.82) is 0 Å². The van der Waals surface area contributed by atoms with Crippen LogP contribution in [0.3, 0.4) is 0 Å². The summed E-state index contributed by atoms with van der Waals surface area (Å²) in [4.78, 5) is 2.31. The Morgan fingerprint density at radius 2 is 2.16 bits per heavy atom. The van der Waals surface area contributed by atoms with Crippen LogP contribution in [0.5, 0.6) is 5.75 Å². The average molecular weight is 264 g/mol. The van der Waals surface area contributed by atoms with Gasteiger partial charge in [-0.1, -0.05) is 12.1 Å². The summed E-state index contributed by atoms with van der Waals surface area (Å²) in [5, 5.41) is 12.9. The first-order valence-electron chi connectivity index (χ1n) is 7.03. The van der Waals surface area contributed by atoms with Gasteiger partial charge in [0, 0.05) is 25.7 Å². The van der Waals surface area contributed by atoms with Crippen LogP contribution < -0.4 is 10.1 Å². The normalized spacial score (nSPS) is 21.5. The SMILES string of the molecule is CCOc1ccc([C@@H](CN2CC[C@H](O)C2)NC)cc1. The molecule has 19 heavy (non-hydrogen) atoms. The van der Waals surface area contributed by atoms with E-state index in [0.29, 0.717) is 12.6 Å². The number of likely N-dealkylation sites (N-methyl/N-ethyl adjacent to an activating group) is 1. The summed E-state index contributed by atoms with van der Waals surface area (Å²) in [7, 11) is 1.98. The zero-order chi connectivity index (χ0) is 13.7. The number of nitrogens with one attached hydrogen (secondary N) is 1. The van der Waals surface area contributed by atoms with Crippen molar-refractivity contribution in [3.63, 3.8) is 0 Å². The van der Waals surface area contributed by atoms with E-state index in [1.54, 1.807) is 0 Å². The van der Waals surface area contributed by atoms with E-state index >= 15 is 0 Å². The van der Waals surface area contributed by atoms with Crippen molar-refractivity contribution in [3.05, 3.63) is 29.8 Å².